The highest BCUT2D eigenvalue weighted by molar-refractivity contribution is 7.91. The molecule has 0 aliphatic carbocycles. The number of nitrogens with zero attached hydrogens (tertiary/aromatic N) is 1. The van der Waals surface area contributed by atoms with Crippen LogP contribution in [0.4, 0.5) is 5.69 Å². The second-order valence-corrected chi connectivity index (χ2v) is 8.25. The van der Waals surface area contributed by atoms with Crippen LogP contribution >= 0.6 is 0 Å². The number of rotatable bonds is 5. The van der Waals surface area contributed by atoms with Gasteiger partial charge in [0.15, 0.2) is 9.84 Å². The van der Waals surface area contributed by atoms with E-state index in [1.807, 2.05) is 0 Å². The van der Waals surface area contributed by atoms with E-state index in [-0.39, 0.29) is 36.1 Å². The molecule has 25 heavy (non-hydrogen) atoms. The number of sulfone groups is 1. The van der Waals surface area contributed by atoms with Crippen molar-refractivity contribution in [2.75, 3.05) is 37.1 Å². The number of hydrogen-bond donors (Lipinski definition) is 2. The van der Waals surface area contributed by atoms with Crippen LogP contribution in [-0.4, -0.2) is 68.0 Å². The van der Waals surface area contributed by atoms with Gasteiger partial charge in [0, 0.05) is 19.7 Å². The topological polar surface area (TPSA) is 113 Å². The molecule has 0 saturated carbocycles. The van der Waals surface area contributed by atoms with Crippen LogP contribution in [0, 0.1) is 6.92 Å². The van der Waals surface area contributed by atoms with Crippen LogP contribution < -0.4 is 5.32 Å². The molecule has 0 spiro atoms. The van der Waals surface area contributed by atoms with Gasteiger partial charge >= 0.3 is 11.8 Å². The van der Waals surface area contributed by atoms with Crippen molar-refractivity contribution in [3.8, 4) is 5.75 Å². The number of carbonyl (C=O) groups is 2. The maximum absolute atomic E-state index is 12.5. The fourth-order valence-electron chi connectivity index (χ4n) is 2.72. The smallest absolute Gasteiger partial charge is 0.314 e. The Balaban J connectivity index is 2.14. The fourth-order valence-corrected chi connectivity index (χ4v) is 4.45. The third-order valence-corrected chi connectivity index (χ3v) is 5.79. The summed E-state index contributed by atoms with van der Waals surface area (Å²) in [5.41, 5.74) is 0.933. The highest BCUT2D eigenvalue weighted by Gasteiger charge is 2.36. The van der Waals surface area contributed by atoms with E-state index in [4.69, 9.17) is 4.74 Å². The lowest BCUT2D eigenvalue weighted by atomic mass is 10.2. The van der Waals surface area contributed by atoms with Gasteiger partial charge in [-0.2, -0.15) is 0 Å². The van der Waals surface area contributed by atoms with E-state index < -0.39 is 27.7 Å². The van der Waals surface area contributed by atoms with Crippen LogP contribution in [0.5, 0.6) is 5.75 Å². The van der Waals surface area contributed by atoms with Gasteiger partial charge in [-0.1, -0.05) is 6.07 Å². The molecule has 1 aromatic carbocycles. The number of nitrogens with one attached hydrogen (secondary N) is 1. The number of benzene rings is 1. The summed E-state index contributed by atoms with van der Waals surface area (Å²) in [4.78, 5) is 26.1. The Morgan fingerprint density at radius 1 is 1.40 bits per heavy atom. The number of aryl methyl sites for hydroxylation is 1. The van der Waals surface area contributed by atoms with Crippen molar-refractivity contribution in [1.29, 1.82) is 0 Å². The Kier molecular flexibility index (Phi) is 6.02. The van der Waals surface area contributed by atoms with Crippen molar-refractivity contribution in [3.05, 3.63) is 23.8 Å². The minimum Gasteiger partial charge on any atom is -0.506 e. The first kappa shape index (κ1) is 19.2. The zero-order chi connectivity index (χ0) is 18.6. The predicted molar refractivity (Wildman–Crippen MR) is 92.1 cm³/mol. The molecule has 0 aromatic heterocycles. The molecule has 1 aromatic rings. The average molecular weight is 370 g/mol. The van der Waals surface area contributed by atoms with Crippen molar-refractivity contribution in [1.82, 2.24) is 4.90 Å². The van der Waals surface area contributed by atoms with Gasteiger partial charge in [0.1, 0.15) is 5.75 Å². The van der Waals surface area contributed by atoms with E-state index in [0.717, 1.165) is 5.56 Å². The van der Waals surface area contributed by atoms with Crippen LogP contribution in [0.15, 0.2) is 18.2 Å². The number of aromatic hydroxyl groups is 1. The standard InChI is InChI=1S/C16H22N2O6S/c1-11-3-4-14(19)13(9-11)17-15(20)16(21)18(6-7-24-2)12-5-8-25(22,23)10-12/h3-4,9,12,19H,5-8,10H2,1-2H3,(H,17,20). The van der Waals surface area contributed by atoms with Crippen molar-refractivity contribution >= 4 is 27.3 Å². The number of ether oxygens (including phenoxy) is 1. The van der Waals surface area contributed by atoms with Crippen molar-refractivity contribution < 1.29 is 27.9 Å². The van der Waals surface area contributed by atoms with E-state index in [0.29, 0.717) is 6.42 Å². The normalized spacial score (nSPS) is 18.7. The minimum absolute atomic E-state index is 0.00524. The molecule has 1 unspecified atom stereocenters. The minimum atomic E-state index is -3.20. The van der Waals surface area contributed by atoms with Crippen LogP contribution in [0.1, 0.15) is 12.0 Å². The monoisotopic (exact) mass is 370 g/mol. The van der Waals surface area contributed by atoms with Gasteiger partial charge < -0.3 is 20.1 Å². The summed E-state index contributed by atoms with van der Waals surface area (Å²) in [6, 6.07) is 4.08. The molecule has 2 N–H and O–H groups in total. The molecule has 9 heteroatoms. The summed E-state index contributed by atoms with van der Waals surface area (Å²) in [5.74, 6) is -2.10. The van der Waals surface area contributed by atoms with E-state index in [9.17, 15) is 23.1 Å². The molecule has 1 aliphatic heterocycles. The Bertz CT molecular complexity index is 762. The molecule has 1 saturated heterocycles. The van der Waals surface area contributed by atoms with Gasteiger partial charge in [-0.15, -0.1) is 0 Å². The average Bonchev–Trinajstić information content (AvgIpc) is 2.91. The summed E-state index contributed by atoms with van der Waals surface area (Å²) >= 11 is 0. The van der Waals surface area contributed by atoms with Crippen LogP contribution in [0.25, 0.3) is 0 Å². The molecular formula is C16H22N2O6S. The molecular weight excluding hydrogens is 348 g/mol. The Morgan fingerprint density at radius 3 is 2.72 bits per heavy atom. The van der Waals surface area contributed by atoms with Gasteiger partial charge in [0.05, 0.1) is 23.8 Å². The Labute approximate surface area is 146 Å². The summed E-state index contributed by atoms with van der Waals surface area (Å²) in [5, 5.41) is 12.2. The van der Waals surface area contributed by atoms with Crippen LogP contribution in [0.2, 0.25) is 0 Å². The first-order valence-electron chi connectivity index (χ1n) is 7.84. The zero-order valence-corrected chi connectivity index (χ0v) is 15.0. The number of methoxy groups -OCH3 is 1. The van der Waals surface area contributed by atoms with Gasteiger partial charge in [0.25, 0.3) is 0 Å². The maximum Gasteiger partial charge on any atom is 0.314 e. The lowest BCUT2D eigenvalue weighted by molar-refractivity contribution is -0.145. The van der Waals surface area contributed by atoms with Crippen molar-refractivity contribution in [3.63, 3.8) is 0 Å². The summed E-state index contributed by atoms with van der Waals surface area (Å²) in [6.07, 6.45) is 0.292. The summed E-state index contributed by atoms with van der Waals surface area (Å²) in [7, 11) is -1.75. The fraction of sp³-hybridized carbons (Fsp3) is 0.500. The van der Waals surface area contributed by atoms with Crippen molar-refractivity contribution in [2.45, 2.75) is 19.4 Å². The number of phenolic OH excluding ortho intramolecular Hbond substituents is 1. The second kappa shape index (κ2) is 7.83. The van der Waals surface area contributed by atoms with Crippen LogP contribution in [-0.2, 0) is 24.2 Å². The predicted octanol–water partition coefficient (Wildman–Crippen LogP) is 0.301. The number of hydrogen-bond acceptors (Lipinski definition) is 6. The number of anilines is 1. The SMILES string of the molecule is COCCN(C(=O)C(=O)Nc1cc(C)ccc1O)C1CCS(=O)(=O)C1. The maximum atomic E-state index is 12.5. The lowest BCUT2D eigenvalue weighted by Crippen LogP contribution is -2.47. The molecule has 138 valence electrons. The highest BCUT2D eigenvalue weighted by Crippen LogP contribution is 2.24. The van der Waals surface area contributed by atoms with E-state index >= 15 is 0 Å². The molecule has 1 aliphatic rings. The quantitative estimate of drug-likeness (QED) is 0.569. The first-order valence-corrected chi connectivity index (χ1v) is 9.66. The number of carbonyl (C=O) groups excluding carboxylic acids is 2. The third-order valence-electron chi connectivity index (χ3n) is 4.04. The molecule has 0 radical (unpaired) electrons. The number of amides is 2. The third kappa shape index (κ3) is 4.93. The van der Waals surface area contributed by atoms with Gasteiger partial charge in [-0.25, -0.2) is 8.42 Å². The Morgan fingerprint density at radius 2 is 2.12 bits per heavy atom. The van der Waals surface area contributed by atoms with E-state index in [1.54, 1.807) is 19.1 Å². The van der Waals surface area contributed by atoms with Gasteiger partial charge in [-0.05, 0) is 31.0 Å². The van der Waals surface area contributed by atoms with Gasteiger partial charge in [-0.3, -0.25) is 9.59 Å². The second-order valence-electron chi connectivity index (χ2n) is 6.02. The van der Waals surface area contributed by atoms with Crippen molar-refractivity contribution in [2.24, 2.45) is 0 Å². The highest BCUT2D eigenvalue weighted by atomic mass is 32.2. The molecule has 1 atom stereocenters. The molecule has 1 heterocycles. The van der Waals surface area contributed by atoms with E-state index in [1.165, 1.54) is 18.1 Å². The molecule has 0 bridgehead atoms. The van der Waals surface area contributed by atoms with Crippen LogP contribution in [0.3, 0.4) is 0 Å². The number of phenols is 1. The lowest BCUT2D eigenvalue weighted by Gasteiger charge is -2.27. The Hall–Kier alpha value is -2.13. The molecule has 2 amide bonds. The zero-order valence-electron chi connectivity index (χ0n) is 14.2. The largest absolute Gasteiger partial charge is 0.506 e. The van der Waals surface area contributed by atoms with E-state index in [2.05, 4.69) is 5.32 Å². The molecule has 1 fully saturated rings. The summed E-state index contributed by atoms with van der Waals surface area (Å²) < 4.78 is 28.3. The molecule has 8 nitrogen and oxygen atoms in total. The summed E-state index contributed by atoms with van der Waals surface area (Å²) in [6.45, 7) is 2.08. The van der Waals surface area contributed by atoms with Gasteiger partial charge in [0.2, 0.25) is 0 Å². The first-order chi connectivity index (χ1) is 11.7. The molecule has 2 rings (SSSR count).